The number of carbonyl (C=O) groups excluding carboxylic acids is 1. The number of nitrogens with two attached hydrogens (primary N) is 1. The Hall–Kier alpha value is -4.37. The summed E-state index contributed by atoms with van der Waals surface area (Å²) in [5.41, 5.74) is 10.8. The Bertz CT molecular complexity index is 1840. The van der Waals surface area contributed by atoms with Gasteiger partial charge >= 0.3 is 0 Å². The first-order valence-corrected chi connectivity index (χ1v) is 14.8. The number of likely N-dealkylation sites (tertiary alicyclic amines) is 1. The minimum Gasteiger partial charge on any atom is -0.494 e. The molecule has 3 aromatic heterocycles. The molecule has 0 radical (unpaired) electrons. The molecule has 2 aromatic carbocycles. The number of rotatable bonds is 7. The second kappa shape index (κ2) is 9.59. The van der Waals surface area contributed by atoms with Crippen LogP contribution in [-0.4, -0.2) is 55.6 Å². The smallest absolute Gasteiger partial charge is 0.254 e. The molecular weight excluding hydrogens is 528 g/mol. The Kier molecular flexibility index (Phi) is 5.79. The van der Waals surface area contributed by atoms with Crippen LogP contribution in [0.3, 0.4) is 0 Å². The van der Waals surface area contributed by atoms with Crippen LogP contribution in [-0.2, 0) is 13.6 Å². The highest BCUT2D eigenvalue weighted by molar-refractivity contribution is 6.00. The van der Waals surface area contributed by atoms with Crippen molar-refractivity contribution in [2.75, 3.05) is 13.7 Å². The predicted octanol–water partition coefficient (Wildman–Crippen LogP) is 5.36. The van der Waals surface area contributed by atoms with E-state index in [2.05, 4.69) is 32.3 Å². The summed E-state index contributed by atoms with van der Waals surface area (Å²) in [5.74, 6) is 4.00. The number of nitrogens with zero attached hydrogens (tertiary/aromatic N) is 5. The zero-order valence-corrected chi connectivity index (χ0v) is 23.9. The number of fused-ring (bicyclic) bond motifs is 4. The molecule has 5 aromatic rings. The summed E-state index contributed by atoms with van der Waals surface area (Å²) in [6.07, 6.45) is 8.00. The monoisotopic (exact) mass is 562 g/mol. The van der Waals surface area contributed by atoms with Crippen molar-refractivity contribution < 1.29 is 14.3 Å². The average molecular weight is 563 g/mol. The molecule has 4 heterocycles. The van der Waals surface area contributed by atoms with E-state index in [1.54, 1.807) is 19.5 Å². The second-order valence-corrected chi connectivity index (χ2v) is 12.1. The lowest BCUT2D eigenvalue weighted by Crippen LogP contribution is -2.41. The Morgan fingerprint density at radius 3 is 2.67 bits per heavy atom. The van der Waals surface area contributed by atoms with E-state index in [1.807, 2.05) is 42.3 Å². The van der Waals surface area contributed by atoms with E-state index in [0.717, 1.165) is 65.1 Å². The van der Waals surface area contributed by atoms with Gasteiger partial charge in [0.2, 0.25) is 0 Å². The number of pyridine rings is 1. The highest BCUT2D eigenvalue weighted by Crippen LogP contribution is 2.41. The van der Waals surface area contributed by atoms with Crippen LogP contribution in [0.2, 0.25) is 0 Å². The molecule has 1 aliphatic heterocycles. The SMILES string of the molecule is COc1cc(C(=O)N2CC3CCC2[C@@H]3N)cc2nc(-c3cc4ccc(Oc5cccnc5)cc4n3CC3CC3)n(C)c12. The normalized spacial score (nSPS) is 21.5. The van der Waals surface area contributed by atoms with E-state index in [9.17, 15) is 4.79 Å². The third-order valence-electron chi connectivity index (χ3n) is 9.43. The highest BCUT2D eigenvalue weighted by atomic mass is 16.5. The molecule has 3 fully saturated rings. The van der Waals surface area contributed by atoms with Gasteiger partial charge in [-0.2, -0.15) is 0 Å². The highest BCUT2D eigenvalue weighted by Gasteiger charge is 2.47. The number of ether oxygens (including phenoxy) is 2. The summed E-state index contributed by atoms with van der Waals surface area (Å²) in [5, 5.41) is 1.12. The fourth-order valence-electron chi connectivity index (χ4n) is 7.05. The number of piperidine rings is 1. The van der Waals surface area contributed by atoms with Crippen molar-refractivity contribution in [3.63, 3.8) is 0 Å². The molecular formula is C33H34N6O3. The Morgan fingerprint density at radius 2 is 1.95 bits per heavy atom. The number of benzene rings is 2. The third kappa shape index (κ3) is 4.06. The summed E-state index contributed by atoms with van der Waals surface area (Å²) in [6, 6.07) is 16.1. The zero-order chi connectivity index (χ0) is 28.5. The van der Waals surface area contributed by atoms with E-state index in [1.165, 1.54) is 12.8 Å². The van der Waals surface area contributed by atoms with Crippen LogP contribution in [0.1, 0.15) is 36.0 Å². The summed E-state index contributed by atoms with van der Waals surface area (Å²) in [6.45, 7) is 1.64. The van der Waals surface area contributed by atoms with Gasteiger partial charge in [0, 0.05) is 55.4 Å². The number of aryl methyl sites for hydroxylation is 1. The van der Waals surface area contributed by atoms with Crippen molar-refractivity contribution in [1.82, 2.24) is 24.0 Å². The van der Waals surface area contributed by atoms with Crippen molar-refractivity contribution >= 4 is 27.8 Å². The van der Waals surface area contributed by atoms with Crippen LogP contribution in [0.25, 0.3) is 33.5 Å². The predicted molar refractivity (Wildman–Crippen MR) is 161 cm³/mol. The number of imidazole rings is 1. The Morgan fingerprint density at radius 1 is 1.07 bits per heavy atom. The molecule has 3 atom stereocenters. The molecule has 0 spiro atoms. The number of carbonyl (C=O) groups is 1. The lowest BCUT2D eigenvalue weighted by atomic mass is 10.1. The number of hydrogen-bond donors (Lipinski definition) is 1. The van der Waals surface area contributed by atoms with Crippen LogP contribution in [0.15, 0.2) is 60.9 Å². The molecule has 2 bridgehead atoms. The summed E-state index contributed by atoms with van der Waals surface area (Å²) >= 11 is 0. The molecule has 214 valence electrons. The van der Waals surface area contributed by atoms with Crippen LogP contribution in [0.4, 0.5) is 0 Å². The van der Waals surface area contributed by atoms with Gasteiger partial charge in [0.15, 0.2) is 5.82 Å². The van der Waals surface area contributed by atoms with Gasteiger partial charge in [0.1, 0.15) is 22.8 Å². The minimum atomic E-state index is 0.00838. The second-order valence-electron chi connectivity index (χ2n) is 12.1. The lowest BCUT2D eigenvalue weighted by Gasteiger charge is -2.27. The summed E-state index contributed by atoms with van der Waals surface area (Å²) in [4.78, 5) is 24.9. The Labute approximate surface area is 243 Å². The molecule has 8 rings (SSSR count). The molecule has 2 saturated carbocycles. The maximum absolute atomic E-state index is 13.7. The average Bonchev–Trinajstić information content (AvgIpc) is 3.42. The zero-order valence-electron chi connectivity index (χ0n) is 23.9. The van der Waals surface area contributed by atoms with Gasteiger partial charge in [0.05, 0.1) is 30.0 Å². The van der Waals surface area contributed by atoms with Gasteiger partial charge in [-0.05, 0) is 80.0 Å². The first kappa shape index (κ1) is 25.3. The van der Waals surface area contributed by atoms with Crippen molar-refractivity contribution in [3.05, 3.63) is 66.5 Å². The molecule has 1 saturated heterocycles. The van der Waals surface area contributed by atoms with Gasteiger partial charge in [-0.1, -0.05) is 0 Å². The number of methoxy groups -OCH3 is 1. The van der Waals surface area contributed by atoms with E-state index in [-0.39, 0.29) is 18.0 Å². The molecule has 9 nitrogen and oxygen atoms in total. The van der Waals surface area contributed by atoms with Crippen LogP contribution >= 0.6 is 0 Å². The summed E-state index contributed by atoms with van der Waals surface area (Å²) < 4.78 is 16.4. The molecule has 2 aliphatic carbocycles. The van der Waals surface area contributed by atoms with Crippen molar-refractivity contribution in [3.8, 4) is 28.8 Å². The first-order chi connectivity index (χ1) is 20.5. The van der Waals surface area contributed by atoms with Gasteiger partial charge in [0.25, 0.3) is 5.91 Å². The van der Waals surface area contributed by atoms with E-state index in [0.29, 0.717) is 28.9 Å². The third-order valence-corrected chi connectivity index (χ3v) is 9.43. The van der Waals surface area contributed by atoms with Gasteiger partial charge in [-0.15, -0.1) is 0 Å². The molecule has 1 amide bonds. The molecule has 2 N–H and O–H groups in total. The standard InChI is InChI=1S/C33H34N6O3/c1-37-31-25(12-22(14-29(31)41-2)33(40)39-18-21-8-10-26(39)30(21)34)36-32(37)28-13-20-7-9-23(42-24-4-3-11-35-16-24)15-27(20)38(28)17-19-5-6-19/h3-4,7,9,11-16,19,21,26,30H,5-6,8,10,17-18,34H2,1-2H3/t21?,26?,30-/m1/s1. The quantitative estimate of drug-likeness (QED) is 0.287. The largest absolute Gasteiger partial charge is 0.494 e. The molecule has 42 heavy (non-hydrogen) atoms. The van der Waals surface area contributed by atoms with Crippen LogP contribution < -0.4 is 15.2 Å². The topological polar surface area (TPSA) is 100 Å². The molecule has 3 aliphatic rings. The first-order valence-electron chi connectivity index (χ1n) is 14.8. The van der Waals surface area contributed by atoms with E-state index >= 15 is 0 Å². The fraction of sp³-hybridized carbons (Fsp3) is 0.364. The van der Waals surface area contributed by atoms with E-state index < -0.39 is 0 Å². The van der Waals surface area contributed by atoms with Crippen LogP contribution in [0, 0.1) is 11.8 Å². The number of aromatic nitrogens is 4. The number of amides is 1. The lowest BCUT2D eigenvalue weighted by molar-refractivity contribution is 0.0700. The van der Waals surface area contributed by atoms with Gasteiger partial charge < -0.3 is 29.2 Å². The molecule has 2 unspecified atom stereocenters. The van der Waals surface area contributed by atoms with Crippen molar-refractivity contribution in [2.45, 2.75) is 44.3 Å². The molecule has 9 heteroatoms. The van der Waals surface area contributed by atoms with Crippen molar-refractivity contribution in [2.24, 2.45) is 24.6 Å². The van der Waals surface area contributed by atoms with Gasteiger partial charge in [-0.3, -0.25) is 9.78 Å². The van der Waals surface area contributed by atoms with Gasteiger partial charge in [-0.25, -0.2) is 4.98 Å². The van der Waals surface area contributed by atoms with Crippen LogP contribution in [0.5, 0.6) is 17.2 Å². The van der Waals surface area contributed by atoms with Crippen molar-refractivity contribution in [1.29, 1.82) is 0 Å². The maximum atomic E-state index is 13.7. The Balaban J connectivity index is 1.21. The van der Waals surface area contributed by atoms with E-state index in [4.69, 9.17) is 20.2 Å². The number of hydrogen-bond acceptors (Lipinski definition) is 6. The summed E-state index contributed by atoms with van der Waals surface area (Å²) in [7, 11) is 3.67. The fourth-order valence-corrected chi connectivity index (χ4v) is 7.05. The minimum absolute atomic E-state index is 0.00838. The maximum Gasteiger partial charge on any atom is 0.254 e.